The summed E-state index contributed by atoms with van der Waals surface area (Å²) in [6.07, 6.45) is 0. The van der Waals surface area contributed by atoms with Crippen LogP contribution in [0.2, 0.25) is 0 Å². The van der Waals surface area contributed by atoms with Gasteiger partial charge in [-0.1, -0.05) is 0 Å². The van der Waals surface area contributed by atoms with Gasteiger partial charge in [-0.25, -0.2) is 0 Å². The second-order valence-corrected chi connectivity index (χ2v) is 1.04. The van der Waals surface area contributed by atoms with Gasteiger partial charge in [0.2, 0.25) is 11.9 Å². The summed E-state index contributed by atoms with van der Waals surface area (Å²) >= 11 is 0. The van der Waals surface area contributed by atoms with Gasteiger partial charge >= 0.3 is 0 Å². The van der Waals surface area contributed by atoms with Crippen molar-refractivity contribution in [3.05, 3.63) is 0 Å². The van der Waals surface area contributed by atoms with Crippen molar-refractivity contribution in [2.75, 3.05) is 0 Å². The van der Waals surface area contributed by atoms with Crippen molar-refractivity contribution < 1.29 is 4.39 Å². The Morgan fingerprint density at radius 1 is 1.50 bits per heavy atom. The van der Waals surface area contributed by atoms with E-state index in [0.717, 1.165) is 0 Å². The number of halogens is 1. The minimum absolute atomic E-state index is 1.29. The van der Waals surface area contributed by atoms with E-state index in [9.17, 15) is 4.39 Å². The number of nitrogens with zero attached hydrogens (tertiary/aromatic N) is 2. The van der Waals surface area contributed by atoms with Crippen molar-refractivity contribution >= 4 is 5.97 Å². The fourth-order valence-electron chi connectivity index (χ4n) is 0.142. The Hall–Kier alpha value is -1.42. The Bertz CT molecular complexity index is 159. The number of rotatable bonds is 1. The molecule has 1 N–H and O–H groups in total. The molecule has 0 aliphatic rings. The van der Waals surface area contributed by atoms with Gasteiger partial charge in [-0.2, -0.15) is 14.9 Å². The summed E-state index contributed by atoms with van der Waals surface area (Å²) in [6, 6.07) is 2.58. The van der Waals surface area contributed by atoms with E-state index < -0.39 is 11.9 Å². The molecule has 0 spiro atoms. The van der Waals surface area contributed by atoms with E-state index in [1.54, 1.807) is 0 Å². The van der Waals surface area contributed by atoms with Gasteiger partial charge in [0.05, 0.1) is 12.1 Å². The van der Waals surface area contributed by atoms with Gasteiger partial charge < -0.3 is 0 Å². The quantitative estimate of drug-likeness (QED) is 0.503. The van der Waals surface area contributed by atoms with Gasteiger partial charge in [-0.15, -0.1) is 0 Å². The topological polar surface area (TPSA) is 71.4 Å². The smallest absolute Gasteiger partial charge is 0.213 e. The lowest BCUT2D eigenvalue weighted by atomic mass is 10.2. The van der Waals surface area contributed by atoms with Gasteiger partial charge in [0, 0.05) is 0 Å². The van der Waals surface area contributed by atoms with Crippen LogP contribution in [0.15, 0.2) is 0 Å². The standard InChI is InChI=1S/C4H2FN3/c5-4(8)3(1-6)2-7/h3,8H. The molecule has 0 fully saturated rings. The van der Waals surface area contributed by atoms with Crippen molar-refractivity contribution in [3.63, 3.8) is 0 Å². The first-order valence-corrected chi connectivity index (χ1v) is 1.75. The molecule has 4 heteroatoms. The summed E-state index contributed by atoms with van der Waals surface area (Å²) in [5, 5.41) is 21.8. The third-order valence-corrected chi connectivity index (χ3v) is 0.512. The van der Waals surface area contributed by atoms with Gasteiger partial charge in [-0.05, 0) is 0 Å². The highest BCUT2D eigenvalue weighted by Gasteiger charge is 2.09. The lowest BCUT2D eigenvalue weighted by Gasteiger charge is -1.84. The largest absolute Gasteiger partial charge is 0.276 e. The molecule has 40 valence electrons. The van der Waals surface area contributed by atoms with E-state index in [4.69, 9.17) is 15.9 Å². The fourth-order valence-corrected chi connectivity index (χ4v) is 0.142. The molecule has 0 aromatic rings. The van der Waals surface area contributed by atoms with E-state index in [1.807, 2.05) is 0 Å². The first-order chi connectivity index (χ1) is 3.72. The van der Waals surface area contributed by atoms with Crippen molar-refractivity contribution in [3.8, 4) is 12.1 Å². The normalized spacial score (nSPS) is 7.50. The third-order valence-electron chi connectivity index (χ3n) is 0.512. The molecule has 3 nitrogen and oxygen atoms in total. The molecule has 0 aliphatic carbocycles. The minimum atomic E-state index is -1.52. The molecule has 0 bridgehead atoms. The van der Waals surface area contributed by atoms with E-state index in [1.165, 1.54) is 12.1 Å². The Morgan fingerprint density at radius 2 is 1.88 bits per heavy atom. The first kappa shape index (κ1) is 6.58. The summed E-state index contributed by atoms with van der Waals surface area (Å²) in [7, 11) is 0. The van der Waals surface area contributed by atoms with E-state index in [-0.39, 0.29) is 0 Å². The minimum Gasteiger partial charge on any atom is -0.276 e. The Balaban J connectivity index is 4.02. The highest BCUT2D eigenvalue weighted by Crippen LogP contribution is 1.93. The highest BCUT2D eigenvalue weighted by atomic mass is 19.1. The lowest BCUT2D eigenvalue weighted by Crippen LogP contribution is -2.01. The molecule has 0 aromatic heterocycles. The average molecular weight is 111 g/mol. The molecule has 0 unspecified atom stereocenters. The molecule has 0 aromatic carbocycles. The summed E-state index contributed by atoms with van der Waals surface area (Å²) < 4.78 is 11.5. The maximum atomic E-state index is 11.5. The molecule has 0 saturated carbocycles. The van der Waals surface area contributed by atoms with Gasteiger partial charge in [0.25, 0.3) is 0 Å². The van der Waals surface area contributed by atoms with Crippen LogP contribution in [-0.2, 0) is 0 Å². The van der Waals surface area contributed by atoms with Crippen LogP contribution in [0.1, 0.15) is 0 Å². The third kappa shape index (κ3) is 1.36. The van der Waals surface area contributed by atoms with E-state index >= 15 is 0 Å². The molecule has 0 heterocycles. The molecule has 8 heavy (non-hydrogen) atoms. The zero-order valence-electron chi connectivity index (χ0n) is 3.85. The van der Waals surface area contributed by atoms with E-state index in [0.29, 0.717) is 0 Å². The molecule has 0 atom stereocenters. The summed E-state index contributed by atoms with van der Waals surface area (Å²) in [4.78, 5) is 0. The maximum Gasteiger partial charge on any atom is 0.213 e. The van der Waals surface area contributed by atoms with Crippen LogP contribution in [0.5, 0.6) is 0 Å². The van der Waals surface area contributed by atoms with Crippen LogP contribution < -0.4 is 0 Å². The second-order valence-electron chi connectivity index (χ2n) is 1.04. The predicted octanol–water partition coefficient (Wildman–Crippen LogP) is 0.597. The van der Waals surface area contributed by atoms with Gasteiger partial charge in [-0.3, -0.25) is 5.41 Å². The number of hydrogen-bond acceptors (Lipinski definition) is 3. The molecule has 0 radical (unpaired) electrons. The fraction of sp³-hybridized carbons (Fsp3) is 0.250. The van der Waals surface area contributed by atoms with Crippen LogP contribution >= 0.6 is 0 Å². The number of nitriles is 2. The summed E-state index contributed by atoms with van der Waals surface area (Å²) in [5.74, 6) is -2.91. The number of nitrogens with one attached hydrogen (secondary N) is 1. The predicted molar refractivity (Wildman–Crippen MR) is 23.6 cm³/mol. The van der Waals surface area contributed by atoms with Crippen LogP contribution in [0, 0.1) is 34.0 Å². The summed E-state index contributed by atoms with van der Waals surface area (Å²) in [6.45, 7) is 0. The number of hydrogen-bond donors (Lipinski definition) is 1. The van der Waals surface area contributed by atoms with Crippen molar-refractivity contribution in [2.24, 2.45) is 5.92 Å². The molecule has 0 aliphatic heterocycles. The van der Waals surface area contributed by atoms with Crippen molar-refractivity contribution in [2.45, 2.75) is 0 Å². The molecule has 0 saturated heterocycles. The maximum absolute atomic E-state index is 11.5. The van der Waals surface area contributed by atoms with Crippen LogP contribution in [0.3, 0.4) is 0 Å². The molecule has 0 rings (SSSR count). The van der Waals surface area contributed by atoms with Crippen molar-refractivity contribution in [1.29, 1.82) is 15.9 Å². The first-order valence-electron chi connectivity index (χ1n) is 1.75. The average Bonchev–Trinajstić information content (AvgIpc) is 1.69. The Labute approximate surface area is 45.5 Å². The SMILES string of the molecule is N#CC(C#N)C(=N)F. The Morgan fingerprint density at radius 3 is 1.88 bits per heavy atom. The second kappa shape index (κ2) is 2.70. The van der Waals surface area contributed by atoms with Crippen molar-refractivity contribution in [1.82, 2.24) is 0 Å². The van der Waals surface area contributed by atoms with Crippen LogP contribution in [-0.4, -0.2) is 5.97 Å². The highest BCUT2D eigenvalue weighted by molar-refractivity contribution is 5.79. The Kier molecular flexibility index (Phi) is 2.22. The van der Waals surface area contributed by atoms with E-state index in [2.05, 4.69) is 0 Å². The van der Waals surface area contributed by atoms with Gasteiger partial charge in [0.15, 0.2) is 0 Å². The lowest BCUT2D eigenvalue weighted by molar-refractivity contribution is 0.745. The zero-order valence-corrected chi connectivity index (χ0v) is 3.85. The van der Waals surface area contributed by atoms with Gasteiger partial charge in [0.1, 0.15) is 0 Å². The molecule has 0 amide bonds. The van der Waals surface area contributed by atoms with Crippen LogP contribution in [0.4, 0.5) is 4.39 Å². The monoisotopic (exact) mass is 111 g/mol. The summed E-state index contributed by atoms with van der Waals surface area (Å²) in [5.41, 5.74) is 0. The molecular formula is C4H2FN3. The van der Waals surface area contributed by atoms with Crippen LogP contribution in [0.25, 0.3) is 0 Å². The zero-order chi connectivity index (χ0) is 6.57. The molecular weight excluding hydrogens is 109 g/mol.